The SMILES string of the molecule is CCOC(=O)CCCOc1cccc(C(C)Nc2cc(-c3ccc4ccn(C)c4c3)nc(C)n2)c1. The van der Waals surface area contributed by atoms with Gasteiger partial charge in [0.2, 0.25) is 0 Å². The molecule has 1 unspecified atom stereocenters. The number of ether oxygens (including phenoxy) is 2. The predicted octanol–water partition coefficient (Wildman–Crippen LogP) is 5.84. The van der Waals surface area contributed by atoms with Crippen LogP contribution in [0.1, 0.15) is 44.1 Å². The number of benzene rings is 2. The first kappa shape index (κ1) is 24.3. The van der Waals surface area contributed by atoms with Gasteiger partial charge < -0.3 is 19.4 Å². The third kappa shape index (κ3) is 6.18. The summed E-state index contributed by atoms with van der Waals surface area (Å²) in [5.74, 6) is 2.07. The van der Waals surface area contributed by atoms with Gasteiger partial charge in [-0.25, -0.2) is 9.97 Å². The van der Waals surface area contributed by atoms with Crippen molar-refractivity contribution in [1.82, 2.24) is 14.5 Å². The van der Waals surface area contributed by atoms with Crippen LogP contribution in [0.15, 0.2) is 60.8 Å². The van der Waals surface area contributed by atoms with Crippen molar-refractivity contribution in [3.8, 4) is 17.0 Å². The van der Waals surface area contributed by atoms with Crippen LogP contribution in [0.4, 0.5) is 5.82 Å². The first-order valence-electron chi connectivity index (χ1n) is 12.0. The number of rotatable bonds is 10. The van der Waals surface area contributed by atoms with Gasteiger partial charge in [-0.3, -0.25) is 4.79 Å². The minimum atomic E-state index is -0.189. The number of nitrogens with zero attached hydrogens (tertiary/aromatic N) is 3. The lowest BCUT2D eigenvalue weighted by Crippen LogP contribution is -2.10. The number of hydrogen-bond donors (Lipinski definition) is 1. The maximum Gasteiger partial charge on any atom is 0.305 e. The Morgan fingerprint density at radius 1 is 1.11 bits per heavy atom. The maximum absolute atomic E-state index is 11.5. The van der Waals surface area contributed by atoms with Gasteiger partial charge >= 0.3 is 5.97 Å². The molecule has 0 aliphatic heterocycles. The molecule has 0 spiro atoms. The van der Waals surface area contributed by atoms with E-state index in [1.165, 1.54) is 10.9 Å². The number of fused-ring (bicyclic) bond motifs is 1. The van der Waals surface area contributed by atoms with Crippen molar-refractivity contribution in [1.29, 1.82) is 0 Å². The lowest BCUT2D eigenvalue weighted by atomic mass is 10.1. The van der Waals surface area contributed by atoms with Crippen molar-refractivity contribution in [2.75, 3.05) is 18.5 Å². The normalized spacial score (nSPS) is 11.9. The van der Waals surface area contributed by atoms with Crippen molar-refractivity contribution >= 4 is 22.7 Å². The Hall–Kier alpha value is -3.87. The first-order chi connectivity index (χ1) is 16.9. The molecule has 7 nitrogen and oxygen atoms in total. The average Bonchev–Trinajstić information content (AvgIpc) is 3.22. The highest BCUT2D eigenvalue weighted by Crippen LogP contribution is 2.27. The Morgan fingerprint density at radius 3 is 2.80 bits per heavy atom. The molecule has 0 bridgehead atoms. The van der Waals surface area contributed by atoms with Gasteiger partial charge in [0.05, 0.1) is 24.9 Å². The van der Waals surface area contributed by atoms with Gasteiger partial charge in [-0.1, -0.05) is 24.3 Å². The molecule has 1 atom stereocenters. The van der Waals surface area contributed by atoms with E-state index in [1.807, 2.05) is 45.2 Å². The minimum absolute atomic E-state index is 0.00980. The predicted molar refractivity (Wildman–Crippen MR) is 139 cm³/mol. The fourth-order valence-corrected chi connectivity index (χ4v) is 4.03. The third-order valence-electron chi connectivity index (χ3n) is 5.84. The molecule has 182 valence electrons. The number of carbonyl (C=O) groups excluding carboxylic acids is 1. The average molecular weight is 473 g/mol. The molecule has 0 aliphatic carbocycles. The second kappa shape index (κ2) is 11.0. The van der Waals surface area contributed by atoms with Crippen LogP contribution in [0.5, 0.6) is 5.75 Å². The molecular formula is C28H32N4O3. The van der Waals surface area contributed by atoms with Gasteiger partial charge in [0.1, 0.15) is 17.4 Å². The van der Waals surface area contributed by atoms with Crippen molar-refractivity contribution in [3.63, 3.8) is 0 Å². The van der Waals surface area contributed by atoms with Crippen LogP contribution < -0.4 is 10.1 Å². The Bertz CT molecular complexity index is 1310. The minimum Gasteiger partial charge on any atom is -0.494 e. The zero-order chi connectivity index (χ0) is 24.8. The molecular weight excluding hydrogens is 440 g/mol. The van der Waals surface area contributed by atoms with Crippen LogP contribution in [0.2, 0.25) is 0 Å². The van der Waals surface area contributed by atoms with Gasteiger partial charge in [-0.2, -0.15) is 0 Å². The Labute approximate surface area is 206 Å². The summed E-state index contributed by atoms with van der Waals surface area (Å²) in [5.41, 5.74) is 4.18. The van der Waals surface area contributed by atoms with Crippen LogP contribution >= 0.6 is 0 Å². The lowest BCUT2D eigenvalue weighted by Gasteiger charge is -2.17. The quantitative estimate of drug-likeness (QED) is 0.231. The highest BCUT2D eigenvalue weighted by atomic mass is 16.5. The Kier molecular flexibility index (Phi) is 7.65. The van der Waals surface area contributed by atoms with Crippen LogP contribution in [-0.2, 0) is 16.6 Å². The molecule has 7 heteroatoms. The van der Waals surface area contributed by atoms with Crippen molar-refractivity contribution in [2.24, 2.45) is 7.05 Å². The molecule has 0 aliphatic rings. The molecule has 4 rings (SSSR count). The largest absolute Gasteiger partial charge is 0.494 e. The smallest absolute Gasteiger partial charge is 0.305 e. The van der Waals surface area contributed by atoms with Crippen molar-refractivity contribution in [3.05, 3.63) is 72.2 Å². The van der Waals surface area contributed by atoms with E-state index < -0.39 is 0 Å². The summed E-state index contributed by atoms with van der Waals surface area (Å²) in [6.07, 6.45) is 3.04. The molecule has 2 aromatic carbocycles. The van der Waals surface area contributed by atoms with Crippen molar-refractivity contribution < 1.29 is 14.3 Å². The van der Waals surface area contributed by atoms with Crippen LogP contribution in [0.3, 0.4) is 0 Å². The summed E-state index contributed by atoms with van der Waals surface area (Å²) in [6.45, 7) is 6.67. The van der Waals surface area contributed by atoms with E-state index >= 15 is 0 Å². The maximum atomic E-state index is 11.5. The highest BCUT2D eigenvalue weighted by Gasteiger charge is 2.11. The molecule has 4 aromatic rings. The highest BCUT2D eigenvalue weighted by molar-refractivity contribution is 5.85. The second-order valence-corrected chi connectivity index (χ2v) is 8.58. The number of aromatic nitrogens is 3. The lowest BCUT2D eigenvalue weighted by molar-refractivity contribution is -0.143. The first-order valence-corrected chi connectivity index (χ1v) is 12.0. The second-order valence-electron chi connectivity index (χ2n) is 8.58. The topological polar surface area (TPSA) is 78.3 Å². The van der Waals surface area contributed by atoms with Crippen LogP contribution in [0, 0.1) is 6.92 Å². The van der Waals surface area contributed by atoms with Crippen LogP contribution in [-0.4, -0.2) is 33.7 Å². The summed E-state index contributed by atoms with van der Waals surface area (Å²) in [5, 5.41) is 4.71. The number of esters is 1. The zero-order valence-electron chi connectivity index (χ0n) is 20.7. The number of anilines is 1. The van der Waals surface area contributed by atoms with Crippen LogP contribution in [0.25, 0.3) is 22.2 Å². The van der Waals surface area contributed by atoms with Gasteiger partial charge in [0.25, 0.3) is 0 Å². The molecule has 2 aromatic heterocycles. The van der Waals surface area contributed by atoms with Gasteiger partial charge in [-0.15, -0.1) is 0 Å². The van der Waals surface area contributed by atoms with Gasteiger partial charge in [0, 0.05) is 36.8 Å². The molecule has 0 saturated carbocycles. The molecule has 0 fully saturated rings. The summed E-state index contributed by atoms with van der Waals surface area (Å²) in [7, 11) is 2.05. The number of aryl methyl sites for hydroxylation is 2. The van der Waals surface area contributed by atoms with E-state index in [4.69, 9.17) is 9.47 Å². The molecule has 35 heavy (non-hydrogen) atoms. The number of hydrogen-bond acceptors (Lipinski definition) is 6. The molecule has 2 heterocycles. The van der Waals surface area contributed by atoms with E-state index in [9.17, 15) is 4.79 Å². The Morgan fingerprint density at radius 2 is 1.97 bits per heavy atom. The number of carbonyl (C=O) groups is 1. The zero-order valence-corrected chi connectivity index (χ0v) is 20.7. The van der Waals surface area contributed by atoms with E-state index in [0.717, 1.165) is 28.4 Å². The van der Waals surface area contributed by atoms with E-state index in [-0.39, 0.29) is 12.0 Å². The molecule has 0 radical (unpaired) electrons. The molecule has 0 saturated heterocycles. The fourth-order valence-electron chi connectivity index (χ4n) is 4.03. The molecule has 0 amide bonds. The summed E-state index contributed by atoms with van der Waals surface area (Å²) in [4.78, 5) is 20.8. The van der Waals surface area contributed by atoms with Crippen molar-refractivity contribution in [2.45, 2.75) is 39.7 Å². The number of nitrogens with one attached hydrogen (secondary N) is 1. The van der Waals surface area contributed by atoms with Gasteiger partial charge in [-0.05, 0) is 62.4 Å². The Balaban J connectivity index is 1.43. The third-order valence-corrected chi connectivity index (χ3v) is 5.84. The molecule has 1 N–H and O–H groups in total. The van der Waals surface area contributed by atoms with E-state index in [2.05, 4.69) is 63.3 Å². The monoisotopic (exact) mass is 472 g/mol. The van der Waals surface area contributed by atoms with Gasteiger partial charge in [0.15, 0.2) is 0 Å². The van der Waals surface area contributed by atoms with E-state index in [0.29, 0.717) is 31.9 Å². The summed E-state index contributed by atoms with van der Waals surface area (Å²) >= 11 is 0. The van der Waals surface area contributed by atoms with E-state index in [1.54, 1.807) is 0 Å². The summed E-state index contributed by atoms with van der Waals surface area (Å²) < 4.78 is 12.9. The summed E-state index contributed by atoms with van der Waals surface area (Å²) in [6, 6.07) is 18.5. The standard InChI is InChI=1S/C28H32N4O3/c1-5-34-28(33)10-7-15-35-24-9-6-8-22(16-24)19(2)29-27-18-25(30-20(3)31-27)23-12-11-21-13-14-32(4)26(21)17-23/h6,8-9,11-14,16-19H,5,7,10,15H2,1-4H3,(H,29,30,31). The fraction of sp³-hybridized carbons (Fsp3) is 0.321.